The first-order valence-electron chi connectivity index (χ1n) is 9.69. The summed E-state index contributed by atoms with van der Waals surface area (Å²) in [7, 11) is 0. The van der Waals surface area contributed by atoms with E-state index >= 15 is 0 Å². The monoisotopic (exact) mass is 490 g/mol. The van der Waals surface area contributed by atoms with E-state index in [1.807, 2.05) is 0 Å². The van der Waals surface area contributed by atoms with E-state index in [1.54, 1.807) is 43.3 Å². The van der Waals surface area contributed by atoms with Gasteiger partial charge in [0.2, 0.25) is 5.91 Å². The van der Waals surface area contributed by atoms with Gasteiger partial charge in [0.1, 0.15) is 6.54 Å². The van der Waals surface area contributed by atoms with E-state index in [0.29, 0.717) is 40.4 Å². The number of carboxylic acid groups (broad SMARTS) is 1. The highest BCUT2D eigenvalue weighted by Crippen LogP contribution is 2.34. The van der Waals surface area contributed by atoms with E-state index in [-0.39, 0.29) is 10.7 Å². The predicted molar refractivity (Wildman–Crippen MR) is 124 cm³/mol. The number of nitrogens with zero attached hydrogens (tertiary/aromatic N) is 1. The molecule has 0 spiro atoms. The molecular weight excluding hydrogens is 472 g/mol. The van der Waals surface area contributed by atoms with Crippen LogP contribution in [0, 0.1) is 0 Å². The van der Waals surface area contributed by atoms with E-state index < -0.39 is 36.2 Å². The minimum atomic E-state index is -1.13. The first-order valence-corrected chi connectivity index (χ1v) is 10.9. The van der Waals surface area contributed by atoms with Crippen molar-refractivity contribution < 1.29 is 33.8 Å². The molecule has 2 N–H and O–H groups in total. The van der Waals surface area contributed by atoms with Crippen LogP contribution in [-0.4, -0.2) is 52.8 Å². The van der Waals surface area contributed by atoms with Gasteiger partial charge in [-0.05, 0) is 54.6 Å². The van der Waals surface area contributed by atoms with Gasteiger partial charge in [-0.3, -0.25) is 19.3 Å². The number of imide groups is 1. The number of hydrogen-bond donors (Lipinski definition) is 2. The number of carbonyl (C=O) groups is 4. The third kappa shape index (κ3) is 6.27. The summed E-state index contributed by atoms with van der Waals surface area (Å²) >= 11 is 6.72. The fraction of sp³-hybridized carbons (Fsp3) is 0.182. The molecule has 33 heavy (non-hydrogen) atoms. The topological polar surface area (TPSA) is 122 Å². The lowest BCUT2D eigenvalue weighted by atomic mass is 10.2. The number of para-hydroxylation sites is 1. The van der Waals surface area contributed by atoms with Gasteiger partial charge in [-0.25, -0.2) is 4.79 Å². The van der Waals surface area contributed by atoms with Crippen LogP contribution in [0.25, 0.3) is 6.08 Å². The first kappa shape index (κ1) is 24.1. The molecule has 172 valence electrons. The molecule has 0 bridgehead atoms. The number of carbonyl (C=O) groups excluding carboxylic acids is 3. The third-order valence-corrected chi connectivity index (χ3v) is 5.48. The summed E-state index contributed by atoms with van der Waals surface area (Å²) in [4.78, 5) is 49.1. The fourth-order valence-corrected chi connectivity index (χ4v) is 3.85. The molecule has 1 aliphatic heterocycles. The molecule has 0 radical (unpaired) electrons. The van der Waals surface area contributed by atoms with Crippen molar-refractivity contribution >= 4 is 58.1 Å². The number of benzene rings is 2. The lowest BCUT2D eigenvalue weighted by Crippen LogP contribution is -2.36. The summed E-state index contributed by atoms with van der Waals surface area (Å²) in [5, 5.41) is 11.1. The molecule has 9 nitrogen and oxygen atoms in total. The quantitative estimate of drug-likeness (QED) is 0.508. The number of amides is 3. The Hall–Kier alpha value is -3.50. The lowest BCUT2D eigenvalue weighted by Gasteiger charge is -2.13. The summed E-state index contributed by atoms with van der Waals surface area (Å²) < 4.78 is 10.7. The normalized spacial score (nSPS) is 14.5. The average Bonchev–Trinajstić information content (AvgIpc) is 3.02. The van der Waals surface area contributed by atoms with Gasteiger partial charge in [0.15, 0.2) is 18.1 Å². The molecule has 3 amide bonds. The number of anilines is 1. The van der Waals surface area contributed by atoms with E-state index in [2.05, 4.69) is 5.32 Å². The Bertz CT molecular complexity index is 1140. The Morgan fingerprint density at radius 1 is 1.15 bits per heavy atom. The van der Waals surface area contributed by atoms with E-state index in [1.165, 1.54) is 12.1 Å². The van der Waals surface area contributed by atoms with Crippen molar-refractivity contribution in [1.82, 2.24) is 4.90 Å². The van der Waals surface area contributed by atoms with Crippen LogP contribution in [0.4, 0.5) is 10.5 Å². The highest BCUT2D eigenvalue weighted by atomic mass is 35.5. The molecule has 2 aromatic rings. The zero-order chi connectivity index (χ0) is 24.0. The molecule has 0 aromatic heterocycles. The molecular formula is C22H19ClN2O7S. The largest absolute Gasteiger partial charge is 0.490 e. The molecule has 11 heteroatoms. The molecule has 3 rings (SSSR count). The van der Waals surface area contributed by atoms with E-state index in [0.717, 1.165) is 4.90 Å². The Balaban J connectivity index is 1.73. The van der Waals surface area contributed by atoms with Crippen LogP contribution in [0.2, 0.25) is 5.02 Å². The van der Waals surface area contributed by atoms with Gasteiger partial charge in [0.25, 0.3) is 11.1 Å². The second-order valence-corrected chi connectivity index (χ2v) is 8.02. The summed E-state index contributed by atoms with van der Waals surface area (Å²) in [6.07, 6.45) is 1.49. The van der Waals surface area contributed by atoms with E-state index in [9.17, 15) is 19.2 Å². The van der Waals surface area contributed by atoms with Crippen molar-refractivity contribution in [3.63, 3.8) is 0 Å². The number of nitrogens with one attached hydrogen (secondary N) is 1. The van der Waals surface area contributed by atoms with Crippen molar-refractivity contribution in [3.05, 3.63) is 58.0 Å². The summed E-state index contributed by atoms with van der Waals surface area (Å²) in [5.74, 6) is -1.77. The molecule has 0 unspecified atom stereocenters. The Morgan fingerprint density at radius 2 is 1.91 bits per heavy atom. The Morgan fingerprint density at radius 3 is 2.61 bits per heavy atom. The maximum absolute atomic E-state index is 12.7. The zero-order valence-corrected chi connectivity index (χ0v) is 18.9. The number of halogens is 1. The molecule has 0 atom stereocenters. The van der Waals surface area contributed by atoms with Gasteiger partial charge < -0.3 is 19.9 Å². The standard InChI is InChI=1S/C22H19ClN2O7S/c1-2-31-17-9-13(7-8-16(17)32-12-20(27)28)10-18-21(29)25(22(30)33-18)11-19(26)24-15-6-4-3-5-14(15)23/h3-10H,2,11-12H2,1H3,(H,24,26)(H,27,28)/b18-10+. The minimum Gasteiger partial charge on any atom is -0.490 e. The molecule has 1 saturated heterocycles. The van der Waals surface area contributed by atoms with Crippen molar-refractivity contribution in [3.8, 4) is 11.5 Å². The lowest BCUT2D eigenvalue weighted by molar-refractivity contribution is -0.139. The smallest absolute Gasteiger partial charge is 0.341 e. The number of rotatable bonds is 9. The minimum absolute atomic E-state index is 0.132. The van der Waals surface area contributed by atoms with Crippen LogP contribution in [0.15, 0.2) is 47.4 Å². The second kappa shape index (κ2) is 10.9. The van der Waals surface area contributed by atoms with Gasteiger partial charge in [-0.1, -0.05) is 29.8 Å². The Labute approximate surface area is 198 Å². The number of hydrogen-bond acceptors (Lipinski definition) is 7. The molecule has 0 saturated carbocycles. The molecule has 1 aliphatic rings. The SMILES string of the molecule is CCOc1cc(/C=C2/SC(=O)N(CC(=O)Nc3ccccc3Cl)C2=O)ccc1OCC(=O)O. The maximum Gasteiger partial charge on any atom is 0.341 e. The van der Waals surface area contributed by atoms with Crippen molar-refractivity contribution in [1.29, 1.82) is 0 Å². The molecule has 0 aliphatic carbocycles. The molecule has 1 heterocycles. The van der Waals surface area contributed by atoms with Gasteiger partial charge in [0, 0.05) is 0 Å². The van der Waals surface area contributed by atoms with Gasteiger partial charge in [-0.2, -0.15) is 0 Å². The number of thioether (sulfide) groups is 1. The van der Waals surface area contributed by atoms with Crippen molar-refractivity contribution in [2.45, 2.75) is 6.92 Å². The van der Waals surface area contributed by atoms with Gasteiger partial charge >= 0.3 is 5.97 Å². The van der Waals surface area contributed by atoms with Crippen LogP contribution < -0.4 is 14.8 Å². The summed E-state index contributed by atoms with van der Waals surface area (Å²) in [5.41, 5.74) is 0.910. The zero-order valence-electron chi connectivity index (χ0n) is 17.4. The Kier molecular flexibility index (Phi) is 7.96. The van der Waals surface area contributed by atoms with E-state index in [4.69, 9.17) is 26.2 Å². The van der Waals surface area contributed by atoms with Crippen molar-refractivity contribution in [2.75, 3.05) is 25.1 Å². The number of ether oxygens (including phenoxy) is 2. The predicted octanol–water partition coefficient (Wildman–Crippen LogP) is 3.88. The van der Waals surface area contributed by atoms with Crippen LogP contribution in [0.1, 0.15) is 12.5 Å². The highest BCUT2D eigenvalue weighted by Gasteiger charge is 2.36. The third-order valence-electron chi connectivity index (χ3n) is 4.24. The number of carboxylic acids is 1. The highest BCUT2D eigenvalue weighted by molar-refractivity contribution is 8.18. The molecule has 2 aromatic carbocycles. The fourth-order valence-electron chi connectivity index (χ4n) is 2.83. The van der Waals surface area contributed by atoms with Crippen LogP contribution in [-0.2, 0) is 14.4 Å². The second-order valence-electron chi connectivity index (χ2n) is 6.62. The maximum atomic E-state index is 12.7. The van der Waals surface area contributed by atoms with Crippen LogP contribution in [0.5, 0.6) is 11.5 Å². The van der Waals surface area contributed by atoms with Gasteiger partial charge in [0.05, 0.1) is 22.2 Å². The van der Waals surface area contributed by atoms with Crippen molar-refractivity contribution in [2.24, 2.45) is 0 Å². The first-order chi connectivity index (χ1) is 15.8. The molecule has 1 fully saturated rings. The van der Waals surface area contributed by atoms with Crippen LogP contribution >= 0.6 is 23.4 Å². The van der Waals surface area contributed by atoms with Crippen LogP contribution in [0.3, 0.4) is 0 Å². The number of aliphatic carboxylic acids is 1. The summed E-state index contributed by atoms with van der Waals surface area (Å²) in [6, 6.07) is 11.3. The van der Waals surface area contributed by atoms with Gasteiger partial charge in [-0.15, -0.1) is 0 Å². The average molecular weight is 491 g/mol. The summed E-state index contributed by atoms with van der Waals surface area (Å²) in [6.45, 7) is 1.07.